The van der Waals surface area contributed by atoms with Crippen molar-refractivity contribution in [3.05, 3.63) is 71.8 Å². The third-order valence-electron chi connectivity index (χ3n) is 4.77. The molecule has 1 saturated heterocycles. The molecule has 0 aromatic heterocycles. The third kappa shape index (κ3) is 4.24. The Labute approximate surface area is 143 Å². The van der Waals surface area contributed by atoms with Crippen LogP contribution in [0, 0.1) is 0 Å². The van der Waals surface area contributed by atoms with Crippen molar-refractivity contribution in [2.24, 2.45) is 0 Å². The predicted molar refractivity (Wildman–Crippen MR) is 97.3 cm³/mol. The molecule has 1 aliphatic heterocycles. The minimum atomic E-state index is 0.519. The molecule has 0 aliphatic carbocycles. The van der Waals surface area contributed by atoms with Crippen LogP contribution in [0.25, 0.3) is 0 Å². The summed E-state index contributed by atoms with van der Waals surface area (Å²) in [4.78, 5) is 2.66. The first-order valence-electron chi connectivity index (χ1n) is 8.41. The first kappa shape index (κ1) is 15.8. The number of rotatable bonds is 5. The second-order valence-corrected chi connectivity index (χ2v) is 8.32. The standard InChI is InChI=1S/C20H26AsN/c21-19-11-14-22(15-12-19)16-13-20(17-7-3-1-4-8-17)18-9-5-2-6-10-18/h1-10,19-20H,11-16,21H2. The SMILES string of the molecule is [AsH2]C1CCN(CCC(c2ccccc2)c2ccccc2)CC1. The van der Waals surface area contributed by atoms with Gasteiger partial charge in [-0.05, 0) is 0 Å². The van der Waals surface area contributed by atoms with Crippen LogP contribution >= 0.6 is 0 Å². The summed E-state index contributed by atoms with van der Waals surface area (Å²) in [5.74, 6) is 0.519. The fraction of sp³-hybridized carbons (Fsp3) is 0.400. The summed E-state index contributed by atoms with van der Waals surface area (Å²) in [7, 11) is 0. The molecule has 2 heteroatoms. The molecule has 1 atom stereocenters. The molecule has 0 saturated carbocycles. The van der Waals surface area contributed by atoms with Gasteiger partial charge in [-0.3, -0.25) is 0 Å². The Morgan fingerprint density at radius 2 is 1.36 bits per heavy atom. The monoisotopic (exact) mass is 355 g/mol. The summed E-state index contributed by atoms with van der Waals surface area (Å²) in [5, 5.41) is 0. The first-order valence-corrected chi connectivity index (χ1v) is 9.80. The molecule has 2 aromatic rings. The van der Waals surface area contributed by atoms with Gasteiger partial charge in [0.25, 0.3) is 0 Å². The summed E-state index contributed by atoms with van der Waals surface area (Å²) < 4.78 is 0.975. The third-order valence-corrected chi connectivity index (χ3v) is 6.17. The number of piperidine rings is 1. The zero-order chi connectivity index (χ0) is 15.2. The maximum atomic E-state index is 2.66. The Hall–Kier alpha value is -1.04. The topological polar surface area (TPSA) is 3.24 Å². The molecule has 0 N–H and O–H groups in total. The van der Waals surface area contributed by atoms with Crippen LogP contribution < -0.4 is 0 Å². The van der Waals surface area contributed by atoms with Crippen LogP contribution in [0.15, 0.2) is 60.7 Å². The Morgan fingerprint density at radius 1 is 0.864 bits per heavy atom. The van der Waals surface area contributed by atoms with E-state index >= 15 is 0 Å². The molecular formula is C20H26AsN. The Bertz CT molecular complexity index is 507. The molecule has 3 rings (SSSR count). The molecule has 22 heavy (non-hydrogen) atoms. The summed E-state index contributed by atoms with van der Waals surface area (Å²) in [6.45, 7) is 3.80. The van der Waals surface area contributed by atoms with E-state index in [1.165, 1.54) is 50.0 Å². The van der Waals surface area contributed by atoms with E-state index in [4.69, 9.17) is 0 Å². The Kier molecular flexibility index (Phi) is 5.75. The van der Waals surface area contributed by atoms with E-state index in [9.17, 15) is 0 Å². The molecule has 0 bridgehead atoms. The van der Waals surface area contributed by atoms with E-state index in [0.29, 0.717) is 5.92 Å². The zero-order valence-electron chi connectivity index (χ0n) is 13.2. The molecule has 1 fully saturated rings. The van der Waals surface area contributed by atoms with Crippen LogP contribution in [0.3, 0.4) is 0 Å². The van der Waals surface area contributed by atoms with E-state index in [0.717, 1.165) is 4.71 Å². The van der Waals surface area contributed by atoms with Gasteiger partial charge in [0.1, 0.15) is 0 Å². The first-order chi connectivity index (χ1) is 10.8. The van der Waals surface area contributed by atoms with Gasteiger partial charge in [-0.15, -0.1) is 0 Å². The van der Waals surface area contributed by atoms with Crippen molar-refractivity contribution in [2.75, 3.05) is 19.6 Å². The Morgan fingerprint density at radius 3 is 1.86 bits per heavy atom. The summed E-state index contributed by atoms with van der Waals surface area (Å²) in [6, 6.07) is 22.0. The van der Waals surface area contributed by atoms with Crippen molar-refractivity contribution in [1.82, 2.24) is 4.90 Å². The average molecular weight is 355 g/mol. The minimum absolute atomic E-state index is 0.519. The molecule has 0 amide bonds. The van der Waals surface area contributed by atoms with Crippen LogP contribution in [0.1, 0.15) is 36.3 Å². The van der Waals surface area contributed by atoms with E-state index in [2.05, 4.69) is 65.6 Å². The van der Waals surface area contributed by atoms with Crippen molar-refractivity contribution < 1.29 is 0 Å². The van der Waals surface area contributed by atoms with E-state index in [1.54, 1.807) is 0 Å². The van der Waals surface area contributed by atoms with Gasteiger partial charge in [0.15, 0.2) is 0 Å². The normalized spacial score (nSPS) is 17.0. The van der Waals surface area contributed by atoms with E-state index < -0.39 is 0 Å². The molecule has 1 aliphatic rings. The molecular weight excluding hydrogens is 329 g/mol. The van der Waals surface area contributed by atoms with Gasteiger partial charge in [-0.1, -0.05) is 0 Å². The average Bonchev–Trinajstić information content (AvgIpc) is 2.59. The number of nitrogens with zero attached hydrogens (tertiary/aromatic N) is 1. The van der Waals surface area contributed by atoms with Crippen molar-refractivity contribution in [2.45, 2.75) is 29.9 Å². The molecule has 1 heterocycles. The van der Waals surface area contributed by atoms with Crippen molar-refractivity contribution in [3.63, 3.8) is 0 Å². The molecule has 116 valence electrons. The maximum absolute atomic E-state index is 2.66. The van der Waals surface area contributed by atoms with Crippen molar-refractivity contribution in [1.29, 1.82) is 0 Å². The van der Waals surface area contributed by atoms with Crippen LogP contribution in [-0.2, 0) is 0 Å². The summed E-state index contributed by atoms with van der Waals surface area (Å²) in [5.41, 5.74) is 2.89. The predicted octanol–water partition coefficient (Wildman–Crippen LogP) is 3.73. The van der Waals surface area contributed by atoms with E-state index in [1.807, 2.05) is 16.9 Å². The second-order valence-electron chi connectivity index (χ2n) is 6.34. The molecule has 0 radical (unpaired) electrons. The summed E-state index contributed by atoms with van der Waals surface area (Å²) in [6.07, 6.45) is 4.00. The van der Waals surface area contributed by atoms with Crippen molar-refractivity contribution >= 4 is 16.9 Å². The summed E-state index contributed by atoms with van der Waals surface area (Å²) >= 11 is 1.93. The molecule has 1 unspecified atom stereocenters. The molecule has 1 nitrogen and oxygen atoms in total. The van der Waals surface area contributed by atoms with Crippen LogP contribution in [-0.4, -0.2) is 41.4 Å². The molecule has 2 aromatic carbocycles. The van der Waals surface area contributed by atoms with E-state index in [-0.39, 0.29) is 0 Å². The number of hydrogen-bond acceptors (Lipinski definition) is 1. The van der Waals surface area contributed by atoms with Gasteiger partial charge in [0.2, 0.25) is 0 Å². The molecule has 0 spiro atoms. The second kappa shape index (κ2) is 7.99. The van der Waals surface area contributed by atoms with Gasteiger partial charge in [0.05, 0.1) is 0 Å². The number of likely N-dealkylation sites (tertiary alicyclic amines) is 1. The Balaban J connectivity index is 1.70. The van der Waals surface area contributed by atoms with Gasteiger partial charge in [-0.25, -0.2) is 0 Å². The van der Waals surface area contributed by atoms with Crippen LogP contribution in [0.2, 0.25) is 4.71 Å². The van der Waals surface area contributed by atoms with Gasteiger partial charge in [0, 0.05) is 0 Å². The van der Waals surface area contributed by atoms with Crippen LogP contribution in [0.5, 0.6) is 0 Å². The quantitative estimate of drug-likeness (QED) is 0.739. The number of hydrogen-bond donors (Lipinski definition) is 0. The van der Waals surface area contributed by atoms with Crippen LogP contribution in [0.4, 0.5) is 0 Å². The fourth-order valence-corrected chi connectivity index (χ4v) is 4.01. The number of benzene rings is 2. The fourth-order valence-electron chi connectivity index (χ4n) is 3.38. The zero-order valence-corrected chi connectivity index (χ0v) is 15.6. The van der Waals surface area contributed by atoms with Crippen molar-refractivity contribution in [3.8, 4) is 0 Å². The van der Waals surface area contributed by atoms with Gasteiger partial charge < -0.3 is 0 Å². The van der Waals surface area contributed by atoms with Gasteiger partial charge in [-0.2, -0.15) is 0 Å². The van der Waals surface area contributed by atoms with Gasteiger partial charge >= 0.3 is 143 Å².